The van der Waals surface area contributed by atoms with Crippen LogP contribution in [0, 0.1) is 13.8 Å². The van der Waals surface area contributed by atoms with Crippen molar-refractivity contribution in [2.45, 2.75) is 39.5 Å². The quantitative estimate of drug-likeness (QED) is 0.907. The lowest BCUT2D eigenvalue weighted by Crippen LogP contribution is -2.06. The lowest BCUT2D eigenvalue weighted by atomic mass is 10.0. The first-order valence-corrected chi connectivity index (χ1v) is 7.39. The molecule has 3 rings (SSSR count). The zero-order chi connectivity index (χ0) is 14.1. The zero-order valence-electron chi connectivity index (χ0n) is 12.4. The Morgan fingerprint density at radius 2 is 1.90 bits per heavy atom. The summed E-state index contributed by atoms with van der Waals surface area (Å²) in [4.78, 5) is 9.45. The molecule has 0 unspecified atom stereocenters. The van der Waals surface area contributed by atoms with E-state index in [0.29, 0.717) is 5.92 Å². The first-order valence-electron chi connectivity index (χ1n) is 7.39. The number of aromatic nitrogens is 2. The fourth-order valence-corrected chi connectivity index (χ4v) is 2.54. The second-order valence-electron chi connectivity index (χ2n) is 5.50. The van der Waals surface area contributed by atoms with E-state index in [1.165, 1.54) is 24.0 Å². The number of hydrogen-bond donors (Lipinski definition) is 1. The average Bonchev–Trinajstić information content (AvgIpc) is 3.28. The largest absolute Gasteiger partial charge is 0.370 e. The molecule has 1 N–H and O–H groups in total. The van der Waals surface area contributed by atoms with E-state index in [0.717, 1.165) is 29.4 Å². The number of nitrogens with zero attached hydrogens (tertiary/aromatic N) is 2. The highest BCUT2D eigenvalue weighted by Gasteiger charge is 2.27. The molecule has 20 heavy (non-hydrogen) atoms. The Bertz CT molecular complexity index is 630. The van der Waals surface area contributed by atoms with Gasteiger partial charge in [-0.1, -0.05) is 24.3 Å². The summed E-state index contributed by atoms with van der Waals surface area (Å²) in [6.07, 6.45) is 2.59. The minimum atomic E-state index is 0.707. The Labute approximate surface area is 120 Å². The second kappa shape index (κ2) is 5.23. The summed E-state index contributed by atoms with van der Waals surface area (Å²) >= 11 is 0. The van der Waals surface area contributed by atoms with E-state index in [1.54, 1.807) is 0 Å². The fraction of sp³-hybridized carbons (Fsp3) is 0.412. The van der Waals surface area contributed by atoms with Crippen LogP contribution in [0.25, 0.3) is 11.4 Å². The van der Waals surface area contributed by atoms with Crippen LogP contribution in [0.2, 0.25) is 0 Å². The molecule has 0 spiro atoms. The molecule has 1 aliphatic rings. The molecule has 3 nitrogen and oxygen atoms in total. The predicted octanol–water partition coefficient (Wildman–Crippen LogP) is 4.07. The molecule has 0 bridgehead atoms. The van der Waals surface area contributed by atoms with Gasteiger partial charge < -0.3 is 5.32 Å². The highest BCUT2D eigenvalue weighted by Crippen LogP contribution is 2.43. The van der Waals surface area contributed by atoms with Gasteiger partial charge in [0.1, 0.15) is 5.82 Å². The van der Waals surface area contributed by atoms with Crippen LogP contribution in [0.15, 0.2) is 24.3 Å². The standard InChI is InChI=1S/C17H21N3/c1-4-18-16-11(2)12(3)19-17(20-16)15-8-6-5-7-14(15)13-9-10-13/h5-8,13H,4,9-10H2,1-3H3,(H,18,19,20). The van der Waals surface area contributed by atoms with E-state index >= 15 is 0 Å². The van der Waals surface area contributed by atoms with Crippen LogP contribution in [0.4, 0.5) is 5.82 Å². The number of hydrogen-bond acceptors (Lipinski definition) is 3. The maximum atomic E-state index is 4.74. The minimum Gasteiger partial charge on any atom is -0.370 e. The number of nitrogens with one attached hydrogen (secondary N) is 1. The molecule has 3 heteroatoms. The van der Waals surface area contributed by atoms with Crippen LogP contribution in [-0.4, -0.2) is 16.5 Å². The summed E-state index contributed by atoms with van der Waals surface area (Å²) in [5.41, 5.74) is 4.78. The molecule has 0 saturated heterocycles. The van der Waals surface area contributed by atoms with E-state index in [2.05, 4.69) is 50.4 Å². The van der Waals surface area contributed by atoms with Gasteiger partial charge in [0.15, 0.2) is 5.82 Å². The number of rotatable bonds is 4. The van der Waals surface area contributed by atoms with Crippen LogP contribution >= 0.6 is 0 Å². The summed E-state index contributed by atoms with van der Waals surface area (Å²) in [5.74, 6) is 2.52. The third-order valence-corrected chi connectivity index (χ3v) is 3.95. The first-order chi connectivity index (χ1) is 9.70. The SMILES string of the molecule is CCNc1nc(-c2ccccc2C2CC2)nc(C)c1C. The van der Waals surface area contributed by atoms with Gasteiger partial charge in [-0.05, 0) is 45.1 Å². The molecule has 0 aliphatic heterocycles. The van der Waals surface area contributed by atoms with Gasteiger partial charge in [-0.3, -0.25) is 0 Å². The van der Waals surface area contributed by atoms with E-state index < -0.39 is 0 Å². The van der Waals surface area contributed by atoms with Crippen LogP contribution in [0.5, 0.6) is 0 Å². The molecule has 1 aromatic heterocycles. The fourth-order valence-electron chi connectivity index (χ4n) is 2.54. The molecular formula is C17H21N3. The number of aryl methyl sites for hydroxylation is 1. The summed E-state index contributed by atoms with van der Waals surface area (Å²) in [6, 6.07) is 8.56. The normalized spacial score (nSPS) is 14.3. The van der Waals surface area contributed by atoms with Gasteiger partial charge in [-0.25, -0.2) is 9.97 Å². The van der Waals surface area contributed by atoms with E-state index in [-0.39, 0.29) is 0 Å². The predicted molar refractivity (Wildman–Crippen MR) is 83.1 cm³/mol. The molecule has 104 valence electrons. The zero-order valence-corrected chi connectivity index (χ0v) is 12.4. The van der Waals surface area contributed by atoms with Crippen molar-refractivity contribution in [3.8, 4) is 11.4 Å². The average molecular weight is 267 g/mol. The summed E-state index contributed by atoms with van der Waals surface area (Å²) in [5, 5.41) is 3.34. The molecule has 0 amide bonds. The van der Waals surface area contributed by atoms with Gasteiger partial charge in [0.05, 0.1) is 0 Å². The van der Waals surface area contributed by atoms with E-state index in [9.17, 15) is 0 Å². The van der Waals surface area contributed by atoms with Gasteiger partial charge in [-0.15, -0.1) is 0 Å². The monoisotopic (exact) mass is 267 g/mol. The van der Waals surface area contributed by atoms with Gasteiger partial charge >= 0.3 is 0 Å². The van der Waals surface area contributed by atoms with Gasteiger partial charge in [0.25, 0.3) is 0 Å². The van der Waals surface area contributed by atoms with Crippen LogP contribution in [-0.2, 0) is 0 Å². The van der Waals surface area contributed by atoms with E-state index in [4.69, 9.17) is 9.97 Å². The second-order valence-corrected chi connectivity index (χ2v) is 5.50. The molecule has 0 atom stereocenters. The summed E-state index contributed by atoms with van der Waals surface area (Å²) in [7, 11) is 0. The van der Waals surface area contributed by atoms with Gasteiger partial charge in [0, 0.05) is 23.4 Å². The molecule has 0 radical (unpaired) electrons. The lowest BCUT2D eigenvalue weighted by molar-refractivity contribution is 1.03. The van der Waals surface area contributed by atoms with Crippen molar-refractivity contribution in [2.24, 2.45) is 0 Å². The molecular weight excluding hydrogens is 246 g/mol. The maximum absolute atomic E-state index is 4.74. The molecule has 1 aliphatic carbocycles. The molecule has 1 heterocycles. The Balaban J connectivity index is 2.10. The third-order valence-electron chi connectivity index (χ3n) is 3.95. The summed E-state index contributed by atoms with van der Waals surface area (Å²) < 4.78 is 0. The van der Waals surface area contributed by atoms with Crippen molar-refractivity contribution < 1.29 is 0 Å². The number of benzene rings is 1. The van der Waals surface area contributed by atoms with Crippen molar-refractivity contribution in [2.75, 3.05) is 11.9 Å². The van der Waals surface area contributed by atoms with Crippen molar-refractivity contribution in [3.05, 3.63) is 41.1 Å². The molecule has 1 saturated carbocycles. The van der Waals surface area contributed by atoms with Crippen molar-refractivity contribution in [1.29, 1.82) is 0 Å². The Morgan fingerprint density at radius 1 is 1.15 bits per heavy atom. The Hall–Kier alpha value is -1.90. The third kappa shape index (κ3) is 2.40. The van der Waals surface area contributed by atoms with Crippen LogP contribution < -0.4 is 5.32 Å². The van der Waals surface area contributed by atoms with Crippen molar-refractivity contribution in [3.63, 3.8) is 0 Å². The highest BCUT2D eigenvalue weighted by molar-refractivity contribution is 5.64. The Kier molecular flexibility index (Phi) is 3.43. The molecule has 2 aromatic rings. The maximum Gasteiger partial charge on any atom is 0.162 e. The van der Waals surface area contributed by atoms with Gasteiger partial charge in [0.2, 0.25) is 0 Å². The van der Waals surface area contributed by atoms with Crippen LogP contribution in [0.1, 0.15) is 42.5 Å². The first kappa shape index (κ1) is 13.1. The number of anilines is 1. The minimum absolute atomic E-state index is 0.707. The molecule has 1 aromatic carbocycles. The smallest absolute Gasteiger partial charge is 0.162 e. The Morgan fingerprint density at radius 3 is 2.60 bits per heavy atom. The highest BCUT2D eigenvalue weighted by atomic mass is 15.0. The van der Waals surface area contributed by atoms with E-state index in [1.807, 2.05) is 0 Å². The van der Waals surface area contributed by atoms with Crippen LogP contribution in [0.3, 0.4) is 0 Å². The van der Waals surface area contributed by atoms with Gasteiger partial charge in [-0.2, -0.15) is 0 Å². The topological polar surface area (TPSA) is 37.8 Å². The van der Waals surface area contributed by atoms with Crippen molar-refractivity contribution in [1.82, 2.24) is 9.97 Å². The molecule has 1 fully saturated rings. The van der Waals surface area contributed by atoms with Crippen molar-refractivity contribution >= 4 is 5.82 Å². The lowest BCUT2D eigenvalue weighted by Gasteiger charge is -2.13. The summed E-state index contributed by atoms with van der Waals surface area (Å²) in [6.45, 7) is 7.10.